The zero-order valence-electron chi connectivity index (χ0n) is 12.5. The summed E-state index contributed by atoms with van der Waals surface area (Å²) in [7, 11) is 0. The number of nitrogens with two attached hydrogens (primary N) is 1. The number of nitrogens with zero attached hydrogens (tertiary/aromatic N) is 1. The maximum atomic E-state index is 5.95. The van der Waals surface area contributed by atoms with Gasteiger partial charge in [-0.15, -0.1) is 0 Å². The van der Waals surface area contributed by atoms with Gasteiger partial charge < -0.3 is 15.4 Å². The van der Waals surface area contributed by atoms with Crippen molar-refractivity contribution in [3.63, 3.8) is 0 Å². The molecule has 0 amide bonds. The van der Waals surface area contributed by atoms with E-state index in [0.717, 1.165) is 25.3 Å². The van der Waals surface area contributed by atoms with Gasteiger partial charge in [-0.25, -0.2) is 0 Å². The normalized spacial score (nSPS) is 22.0. The fourth-order valence-corrected chi connectivity index (χ4v) is 3.02. The van der Waals surface area contributed by atoms with E-state index in [1.165, 1.54) is 5.69 Å². The topological polar surface area (TPSA) is 38.5 Å². The summed E-state index contributed by atoms with van der Waals surface area (Å²) in [5.74, 6) is 1.52. The molecule has 1 aromatic carbocycles. The van der Waals surface area contributed by atoms with E-state index in [2.05, 4.69) is 50.8 Å². The largest absolute Gasteiger partial charge is 0.489 e. The number of anilines is 1. The number of hydrogen-bond donors (Lipinski definition) is 1. The first-order valence-electron chi connectivity index (χ1n) is 7.20. The summed E-state index contributed by atoms with van der Waals surface area (Å²) < 4.78 is 5.95. The number of ether oxygens (including phenoxy) is 1. The van der Waals surface area contributed by atoms with Crippen LogP contribution < -0.4 is 15.4 Å². The van der Waals surface area contributed by atoms with Crippen LogP contribution in [0.5, 0.6) is 5.75 Å². The van der Waals surface area contributed by atoms with Crippen molar-refractivity contribution < 1.29 is 4.74 Å². The summed E-state index contributed by atoms with van der Waals surface area (Å²) in [5, 5.41) is 0. The molecule has 0 radical (unpaired) electrons. The van der Waals surface area contributed by atoms with Gasteiger partial charge in [0.25, 0.3) is 0 Å². The van der Waals surface area contributed by atoms with E-state index in [-0.39, 0.29) is 11.6 Å². The van der Waals surface area contributed by atoms with Gasteiger partial charge in [0.2, 0.25) is 0 Å². The Hall–Kier alpha value is -1.22. The molecule has 1 heterocycles. The Balaban J connectivity index is 2.32. The van der Waals surface area contributed by atoms with Crippen molar-refractivity contribution in [2.24, 2.45) is 11.7 Å². The lowest BCUT2D eigenvalue weighted by Crippen LogP contribution is -2.45. The summed E-state index contributed by atoms with van der Waals surface area (Å²) >= 11 is 0. The molecule has 0 saturated carbocycles. The predicted molar refractivity (Wildman–Crippen MR) is 80.8 cm³/mol. The Morgan fingerprint density at radius 1 is 1.37 bits per heavy atom. The first kappa shape index (κ1) is 14.2. The second-order valence-electron chi connectivity index (χ2n) is 6.16. The van der Waals surface area contributed by atoms with Gasteiger partial charge in [-0.2, -0.15) is 0 Å². The molecular formula is C16H26N2O. The molecule has 106 valence electrons. The van der Waals surface area contributed by atoms with Crippen LogP contribution in [0.4, 0.5) is 5.69 Å². The highest BCUT2D eigenvalue weighted by Crippen LogP contribution is 2.41. The van der Waals surface area contributed by atoms with E-state index in [4.69, 9.17) is 10.5 Å². The Labute approximate surface area is 116 Å². The Kier molecular flexibility index (Phi) is 4.04. The van der Waals surface area contributed by atoms with Gasteiger partial charge in [0.15, 0.2) is 0 Å². The molecule has 0 aromatic heterocycles. The van der Waals surface area contributed by atoms with Crippen LogP contribution >= 0.6 is 0 Å². The number of hydrogen-bond acceptors (Lipinski definition) is 3. The first-order valence-corrected chi connectivity index (χ1v) is 7.20. The highest BCUT2D eigenvalue weighted by molar-refractivity contribution is 5.61. The van der Waals surface area contributed by atoms with Gasteiger partial charge in [0, 0.05) is 12.1 Å². The molecule has 3 nitrogen and oxygen atoms in total. The van der Waals surface area contributed by atoms with Crippen LogP contribution in [0.15, 0.2) is 24.3 Å². The van der Waals surface area contributed by atoms with Gasteiger partial charge >= 0.3 is 0 Å². The molecule has 0 spiro atoms. The summed E-state index contributed by atoms with van der Waals surface area (Å²) in [4.78, 5) is 2.45. The Bertz CT molecular complexity index is 429. The molecule has 0 bridgehead atoms. The molecular weight excluding hydrogens is 236 g/mol. The standard InChI is InChI=1S/C16H26N2O/c1-12(2)19-15-8-6-5-7-14(15)18-10-9-13(11-17)16(18,3)4/h5-8,12-13H,9-11,17H2,1-4H3. The van der Waals surface area contributed by atoms with Gasteiger partial charge in [0.1, 0.15) is 5.75 Å². The van der Waals surface area contributed by atoms with E-state index in [1.54, 1.807) is 0 Å². The zero-order valence-corrected chi connectivity index (χ0v) is 12.5. The third-order valence-electron chi connectivity index (χ3n) is 4.20. The molecule has 1 unspecified atom stereocenters. The summed E-state index contributed by atoms with van der Waals surface area (Å²) in [6, 6.07) is 8.32. The second kappa shape index (κ2) is 5.41. The minimum Gasteiger partial charge on any atom is -0.489 e. The Morgan fingerprint density at radius 3 is 2.63 bits per heavy atom. The van der Waals surface area contributed by atoms with Crippen LogP contribution in [0.1, 0.15) is 34.1 Å². The van der Waals surface area contributed by atoms with E-state index < -0.39 is 0 Å². The van der Waals surface area contributed by atoms with E-state index in [9.17, 15) is 0 Å². The monoisotopic (exact) mass is 262 g/mol. The van der Waals surface area contributed by atoms with E-state index in [0.29, 0.717) is 5.92 Å². The average Bonchev–Trinajstić information content (AvgIpc) is 2.64. The number of para-hydroxylation sites is 2. The molecule has 1 saturated heterocycles. The van der Waals surface area contributed by atoms with Crippen LogP contribution in [0, 0.1) is 5.92 Å². The number of rotatable bonds is 4. The molecule has 19 heavy (non-hydrogen) atoms. The molecule has 3 heteroatoms. The van der Waals surface area contributed by atoms with Gasteiger partial charge in [-0.1, -0.05) is 12.1 Å². The highest BCUT2D eigenvalue weighted by atomic mass is 16.5. The molecule has 1 aliphatic heterocycles. The second-order valence-corrected chi connectivity index (χ2v) is 6.16. The molecule has 1 aromatic rings. The lowest BCUT2D eigenvalue weighted by molar-refractivity contribution is 0.241. The van der Waals surface area contributed by atoms with Crippen molar-refractivity contribution in [2.75, 3.05) is 18.0 Å². The fraction of sp³-hybridized carbons (Fsp3) is 0.625. The van der Waals surface area contributed by atoms with Gasteiger partial charge in [0.05, 0.1) is 11.8 Å². The fourth-order valence-electron chi connectivity index (χ4n) is 3.02. The van der Waals surface area contributed by atoms with Crippen molar-refractivity contribution in [3.05, 3.63) is 24.3 Å². The van der Waals surface area contributed by atoms with Crippen LogP contribution in [0.3, 0.4) is 0 Å². The third kappa shape index (κ3) is 2.71. The third-order valence-corrected chi connectivity index (χ3v) is 4.20. The van der Waals surface area contributed by atoms with Crippen LogP contribution in [-0.4, -0.2) is 24.7 Å². The highest BCUT2D eigenvalue weighted by Gasteiger charge is 2.41. The van der Waals surface area contributed by atoms with Gasteiger partial charge in [-0.05, 0) is 58.7 Å². The molecule has 2 rings (SSSR count). The number of benzene rings is 1. The summed E-state index contributed by atoms with van der Waals surface area (Å²) in [5.41, 5.74) is 7.19. The van der Waals surface area contributed by atoms with Gasteiger partial charge in [-0.3, -0.25) is 0 Å². The van der Waals surface area contributed by atoms with Crippen molar-refractivity contribution in [3.8, 4) is 5.75 Å². The maximum absolute atomic E-state index is 5.95. The summed E-state index contributed by atoms with van der Waals surface area (Å²) in [6.07, 6.45) is 1.34. The quantitative estimate of drug-likeness (QED) is 0.906. The lowest BCUT2D eigenvalue weighted by atomic mass is 9.88. The smallest absolute Gasteiger partial charge is 0.142 e. The molecule has 1 atom stereocenters. The minimum absolute atomic E-state index is 0.0885. The van der Waals surface area contributed by atoms with E-state index >= 15 is 0 Å². The van der Waals surface area contributed by atoms with Crippen molar-refractivity contribution >= 4 is 5.69 Å². The average molecular weight is 262 g/mol. The predicted octanol–water partition coefficient (Wildman–Crippen LogP) is 3.04. The van der Waals surface area contributed by atoms with Crippen molar-refractivity contribution in [1.29, 1.82) is 0 Å². The first-order chi connectivity index (χ1) is 8.96. The summed E-state index contributed by atoms with van der Waals surface area (Å²) in [6.45, 7) is 10.5. The van der Waals surface area contributed by atoms with Crippen molar-refractivity contribution in [2.45, 2.75) is 45.8 Å². The Morgan fingerprint density at radius 2 is 2.05 bits per heavy atom. The zero-order chi connectivity index (χ0) is 14.0. The molecule has 2 N–H and O–H groups in total. The van der Waals surface area contributed by atoms with Crippen LogP contribution in [0.2, 0.25) is 0 Å². The molecule has 1 aliphatic rings. The van der Waals surface area contributed by atoms with Crippen LogP contribution in [0.25, 0.3) is 0 Å². The molecule has 1 fully saturated rings. The minimum atomic E-state index is 0.0885. The lowest BCUT2D eigenvalue weighted by Gasteiger charge is -2.38. The maximum Gasteiger partial charge on any atom is 0.142 e. The molecule has 0 aliphatic carbocycles. The van der Waals surface area contributed by atoms with E-state index in [1.807, 2.05) is 6.07 Å². The SMILES string of the molecule is CC(C)Oc1ccccc1N1CCC(CN)C1(C)C. The van der Waals surface area contributed by atoms with Crippen molar-refractivity contribution in [1.82, 2.24) is 0 Å². The van der Waals surface area contributed by atoms with Crippen LogP contribution in [-0.2, 0) is 0 Å².